The summed E-state index contributed by atoms with van der Waals surface area (Å²) in [7, 11) is 0. The van der Waals surface area contributed by atoms with Crippen LogP contribution in [0.3, 0.4) is 0 Å². The second-order valence-electron chi connectivity index (χ2n) is 7.04. The van der Waals surface area contributed by atoms with E-state index in [0.717, 1.165) is 16.9 Å². The van der Waals surface area contributed by atoms with Crippen LogP contribution in [-0.4, -0.2) is 50.6 Å². The van der Waals surface area contributed by atoms with Gasteiger partial charge in [-0.1, -0.05) is 23.8 Å². The monoisotopic (exact) mass is 375 g/mol. The highest BCUT2D eigenvalue weighted by atomic mass is 16.2. The lowest BCUT2D eigenvalue weighted by Crippen LogP contribution is -2.57. The third kappa shape index (κ3) is 3.38. The first-order valence-corrected chi connectivity index (χ1v) is 9.16. The van der Waals surface area contributed by atoms with E-state index in [9.17, 15) is 9.59 Å². The van der Waals surface area contributed by atoms with Crippen molar-refractivity contribution in [3.63, 3.8) is 0 Å². The molecule has 0 radical (unpaired) electrons. The van der Waals surface area contributed by atoms with Gasteiger partial charge in [0.05, 0.1) is 0 Å². The lowest BCUT2D eigenvalue weighted by atomic mass is 10.1. The molecule has 1 fully saturated rings. The van der Waals surface area contributed by atoms with E-state index >= 15 is 0 Å². The minimum absolute atomic E-state index is 0.0603. The fourth-order valence-electron chi connectivity index (χ4n) is 3.40. The normalized spacial score (nSPS) is 17.1. The Morgan fingerprint density at radius 3 is 2.46 bits per heavy atom. The topological polar surface area (TPSA) is 71.3 Å². The average molecular weight is 375 g/mol. The molecule has 2 amide bonds. The van der Waals surface area contributed by atoms with E-state index < -0.39 is 0 Å². The van der Waals surface area contributed by atoms with Gasteiger partial charge < -0.3 is 9.80 Å². The van der Waals surface area contributed by atoms with E-state index in [-0.39, 0.29) is 24.4 Å². The smallest absolute Gasteiger partial charge is 0.254 e. The molecule has 4 rings (SSSR count). The van der Waals surface area contributed by atoms with Gasteiger partial charge >= 0.3 is 0 Å². The van der Waals surface area contributed by atoms with E-state index in [4.69, 9.17) is 0 Å². The summed E-state index contributed by atoms with van der Waals surface area (Å²) in [5.41, 5.74) is 3.35. The number of carbonyl (C=O) groups excluding carboxylic acids is 2. The molecule has 3 aromatic rings. The molecule has 7 nitrogen and oxygen atoms in total. The van der Waals surface area contributed by atoms with Crippen molar-refractivity contribution in [3.05, 3.63) is 72.3 Å². The predicted octanol–water partition coefficient (Wildman–Crippen LogP) is 2.45. The van der Waals surface area contributed by atoms with Gasteiger partial charge in [0.15, 0.2) is 0 Å². The molecule has 7 heteroatoms. The third-order valence-corrected chi connectivity index (χ3v) is 5.00. The van der Waals surface area contributed by atoms with Gasteiger partial charge in [0.1, 0.15) is 19.2 Å². The highest BCUT2D eigenvalue weighted by molar-refractivity contribution is 6.02. The lowest BCUT2D eigenvalue weighted by molar-refractivity contribution is -0.121. The first-order chi connectivity index (χ1) is 13.5. The van der Waals surface area contributed by atoms with Crippen molar-refractivity contribution in [2.45, 2.75) is 19.9 Å². The zero-order valence-electron chi connectivity index (χ0n) is 15.8. The molecule has 0 bridgehead atoms. The van der Waals surface area contributed by atoms with Crippen molar-refractivity contribution in [1.82, 2.24) is 19.7 Å². The molecule has 2 heterocycles. The summed E-state index contributed by atoms with van der Waals surface area (Å²) in [4.78, 5) is 29.2. The Hall–Kier alpha value is -3.48. The van der Waals surface area contributed by atoms with Crippen LogP contribution in [0.1, 0.15) is 22.8 Å². The van der Waals surface area contributed by atoms with Crippen LogP contribution in [0.15, 0.2) is 61.2 Å². The third-order valence-electron chi connectivity index (χ3n) is 5.00. The van der Waals surface area contributed by atoms with Crippen molar-refractivity contribution in [1.29, 1.82) is 0 Å². The van der Waals surface area contributed by atoms with Crippen LogP contribution in [0.4, 0.5) is 5.69 Å². The Morgan fingerprint density at radius 1 is 1.04 bits per heavy atom. The molecule has 0 spiro atoms. The van der Waals surface area contributed by atoms with Crippen molar-refractivity contribution in [2.24, 2.45) is 0 Å². The second kappa shape index (κ2) is 7.26. The number of hydrogen-bond acceptors (Lipinski definition) is 4. The number of anilines is 1. The number of rotatable bonds is 3. The van der Waals surface area contributed by atoms with E-state index in [1.54, 1.807) is 39.2 Å². The Balaban J connectivity index is 1.54. The van der Waals surface area contributed by atoms with Crippen LogP contribution in [0.5, 0.6) is 0 Å². The molecule has 1 atom stereocenters. The van der Waals surface area contributed by atoms with Crippen molar-refractivity contribution in [2.75, 3.05) is 18.0 Å². The fourth-order valence-corrected chi connectivity index (χ4v) is 3.40. The Labute approximate surface area is 163 Å². The van der Waals surface area contributed by atoms with Crippen molar-refractivity contribution in [3.8, 4) is 5.69 Å². The van der Waals surface area contributed by atoms with Crippen LogP contribution in [0, 0.1) is 6.92 Å². The first-order valence-electron chi connectivity index (χ1n) is 9.16. The van der Waals surface area contributed by atoms with Gasteiger partial charge in [-0.15, -0.1) is 10.2 Å². The molecule has 28 heavy (non-hydrogen) atoms. The summed E-state index contributed by atoms with van der Waals surface area (Å²) in [5.74, 6) is -0.232. The van der Waals surface area contributed by atoms with E-state index in [1.807, 2.05) is 50.2 Å². The summed E-state index contributed by atoms with van der Waals surface area (Å²) in [6.07, 6.45) is 3.16. The fraction of sp³-hybridized carbons (Fsp3) is 0.238. The Bertz CT molecular complexity index is 998. The number of piperazine rings is 1. The molecule has 1 aliphatic rings. The largest absolute Gasteiger partial charge is 0.325 e. The molecular formula is C21H21N5O2. The van der Waals surface area contributed by atoms with Gasteiger partial charge in [0, 0.05) is 29.5 Å². The van der Waals surface area contributed by atoms with E-state index in [2.05, 4.69) is 10.2 Å². The zero-order chi connectivity index (χ0) is 19.7. The Kier molecular flexibility index (Phi) is 4.65. The first kappa shape index (κ1) is 17.9. The van der Waals surface area contributed by atoms with Crippen LogP contribution >= 0.6 is 0 Å². The molecular weight excluding hydrogens is 354 g/mol. The van der Waals surface area contributed by atoms with E-state index in [1.165, 1.54) is 0 Å². The average Bonchev–Trinajstić information content (AvgIpc) is 3.25. The molecule has 1 aromatic heterocycles. The molecule has 0 aliphatic carbocycles. The number of benzene rings is 2. The highest BCUT2D eigenvalue weighted by Crippen LogP contribution is 2.22. The minimum Gasteiger partial charge on any atom is -0.325 e. The molecule has 1 unspecified atom stereocenters. The summed E-state index contributed by atoms with van der Waals surface area (Å²) >= 11 is 0. The molecule has 0 saturated carbocycles. The minimum atomic E-state index is -0.153. The van der Waals surface area contributed by atoms with Gasteiger partial charge in [0.2, 0.25) is 5.91 Å². The van der Waals surface area contributed by atoms with Gasteiger partial charge in [0.25, 0.3) is 5.91 Å². The predicted molar refractivity (Wildman–Crippen MR) is 105 cm³/mol. The summed E-state index contributed by atoms with van der Waals surface area (Å²) in [6, 6.07) is 15.0. The van der Waals surface area contributed by atoms with Crippen molar-refractivity contribution < 1.29 is 9.59 Å². The standard InChI is InChI=1S/C21H21N5O2/c1-15-6-8-18(9-7-15)26-11-16(2)25(12-20(26)27)21(28)17-4-3-5-19(10-17)24-13-22-23-14-24/h3-10,13-14,16H,11-12H2,1-2H3. The number of aryl methyl sites for hydroxylation is 1. The summed E-state index contributed by atoms with van der Waals surface area (Å²) < 4.78 is 1.74. The van der Waals surface area contributed by atoms with E-state index in [0.29, 0.717) is 12.1 Å². The maximum Gasteiger partial charge on any atom is 0.254 e. The number of nitrogens with zero attached hydrogens (tertiary/aromatic N) is 5. The quantitative estimate of drug-likeness (QED) is 0.705. The number of hydrogen-bond donors (Lipinski definition) is 0. The number of aromatic nitrogens is 3. The lowest BCUT2D eigenvalue weighted by Gasteiger charge is -2.39. The highest BCUT2D eigenvalue weighted by Gasteiger charge is 2.33. The summed E-state index contributed by atoms with van der Waals surface area (Å²) in [6.45, 7) is 4.51. The second-order valence-corrected chi connectivity index (χ2v) is 7.04. The Morgan fingerprint density at radius 2 is 1.75 bits per heavy atom. The van der Waals surface area contributed by atoms with Crippen LogP contribution in [0.2, 0.25) is 0 Å². The van der Waals surface area contributed by atoms with Crippen LogP contribution in [0.25, 0.3) is 5.69 Å². The molecule has 0 N–H and O–H groups in total. The maximum absolute atomic E-state index is 13.1. The van der Waals surface area contributed by atoms with Gasteiger partial charge in [-0.05, 0) is 44.2 Å². The van der Waals surface area contributed by atoms with Crippen molar-refractivity contribution >= 4 is 17.5 Å². The number of amides is 2. The van der Waals surface area contributed by atoms with Gasteiger partial charge in [-0.2, -0.15) is 0 Å². The zero-order valence-corrected chi connectivity index (χ0v) is 15.8. The molecule has 1 saturated heterocycles. The molecule has 2 aromatic carbocycles. The van der Waals surface area contributed by atoms with Gasteiger partial charge in [-0.3, -0.25) is 14.2 Å². The summed E-state index contributed by atoms with van der Waals surface area (Å²) in [5, 5.41) is 7.59. The van der Waals surface area contributed by atoms with Crippen LogP contribution < -0.4 is 4.90 Å². The SMILES string of the molecule is Cc1ccc(N2CC(C)N(C(=O)c3cccc(-n4cnnc4)c3)CC2=O)cc1. The molecule has 1 aliphatic heterocycles. The van der Waals surface area contributed by atoms with Gasteiger partial charge in [-0.25, -0.2) is 0 Å². The van der Waals surface area contributed by atoms with Crippen LogP contribution in [-0.2, 0) is 4.79 Å². The number of carbonyl (C=O) groups is 2. The molecule has 142 valence electrons. The maximum atomic E-state index is 13.1.